The Balaban J connectivity index is 2.08. The normalized spacial score (nSPS) is 16.1. The lowest BCUT2D eigenvalue weighted by molar-refractivity contribution is 0.0528. The van der Waals surface area contributed by atoms with E-state index in [1.807, 2.05) is 0 Å². The third-order valence-corrected chi connectivity index (χ3v) is 4.74. The molecule has 3 rings (SSSR count). The standard InChI is InChI=1S/C15H17Cl2N3O2/c1-2-22-15(21)10-8-18-20-13(17)11(12(16)19-14(10)20)9-6-4-3-5-7-9/h8-9H,2-7H2,1H3. The first-order valence-corrected chi connectivity index (χ1v) is 8.28. The van der Waals surface area contributed by atoms with Crippen LogP contribution in [0.2, 0.25) is 10.3 Å². The highest BCUT2D eigenvalue weighted by Gasteiger charge is 2.26. The Kier molecular flexibility index (Phi) is 4.54. The fraction of sp³-hybridized carbons (Fsp3) is 0.533. The molecular formula is C15H17Cl2N3O2. The summed E-state index contributed by atoms with van der Waals surface area (Å²) in [5, 5.41) is 4.98. The number of hydrogen-bond donors (Lipinski definition) is 0. The Morgan fingerprint density at radius 3 is 2.77 bits per heavy atom. The Bertz CT molecular complexity index is 708. The summed E-state index contributed by atoms with van der Waals surface area (Å²) in [6.45, 7) is 2.04. The molecule has 22 heavy (non-hydrogen) atoms. The van der Waals surface area contributed by atoms with Gasteiger partial charge in [0, 0.05) is 5.56 Å². The maximum Gasteiger partial charge on any atom is 0.343 e. The van der Waals surface area contributed by atoms with Crippen LogP contribution in [0, 0.1) is 0 Å². The van der Waals surface area contributed by atoms with E-state index in [1.165, 1.54) is 30.0 Å². The number of carbonyl (C=O) groups is 1. The molecule has 2 aromatic rings. The van der Waals surface area contributed by atoms with Crippen LogP contribution in [0.4, 0.5) is 0 Å². The summed E-state index contributed by atoms with van der Waals surface area (Å²) in [5.41, 5.74) is 1.46. The van der Waals surface area contributed by atoms with Crippen molar-refractivity contribution < 1.29 is 9.53 Å². The Labute approximate surface area is 138 Å². The molecule has 0 unspecified atom stereocenters. The highest BCUT2D eigenvalue weighted by atomic mass is 35.5. The summed E-state index contributed by atoms with van der Waals surface area (Å²) >= 11 is 12.9. The first kappa shape index (κ1) is 15.6. The molecule has 2 aromatic heterocycles. The van der Waals surface area contributed by atoms with Crippen LogP contribution in [0.15, 0.2) is 6.20 Å². The average molecular weight is 342 g/mol. The van der Waals surface area contributed by atoms with Crippen molar-refractivity contribution in [1.82, 2.24) is 14.6 Å². The molecule has 1 fully saturated rings. The lowest BCUT2D eigenvalue weighted by Gasteiger charge is -2.23. The zero-order valence-corrected chi connectivity index (χ0v) is 13.8. The SMILES string of the molecule is CCOC(=O)c1cnn2c(Cl)c(C3CCCCC3)c(Cl)nc12. The van der Waals surface area contributed by atoms with Gasteiger partial charge in [0.2, 0.25) is 0 Å². The Hall–Kier alpha value is -1.33. The van der Waals surface area contributed by atoms with Crippen molar-refractivity contribution in [3.63, 3.8) is 0 Å². The average Bonchev–Trinajstić information content (AvgIpc) is 2.92. The maximum atomic E-state index is 11.9. The summed E-state index contributed by atoms with van der Waals surface area (Å²) in [4.78, 5) is 16.3. The van der Waals surface area contributed by atoms with Gasteiger partial charge in [-0.2, -0.15) is 5.10 Å². The minimum absolute atomic E-state index is 0.279. The van der Waals surface area contributed by atoms with Crippen molar-refractivity contribution in [1.29, 1.82) is 0 Å². The van der Waals surface area contributed by atoms with Crippen LogP contribution in [0.3, 0.4) is 0 Å². The fourth-order valence-electron chi connectivity index (χ4n) is 3.03. The van der Waals surface area contributed by atoms with Crippen LogP contribution in [0.5, 0.6) is 0 Å². The number of hydrogen-bond acceptors (Lipinski definition) is 4. The van der Waals surface area contributed by atoms with Crippen molar-refractivity contribution in [3.8, 4) is 0 Å². The molecule has 118 valence electrons. The van der Waals surface area contributed by atoms with Crippen LogP contribution >= 0.6 is 23.2 Å². The van der Waals surface area contributed by atoms with Gasteiger partial charge in [-0.25, -0.2) is 14.3 Å². The van der Waals surface area contributed by atoms with Crippen LogP contribution in [-0.2, 0) is 4.74 Å². The summed E-state index contributed by atoms with van der Waals surface area (Å²) in [7, 11) is 0. The second-order valence-electron chi connectivity index (χ2n) is 5.46. The first-order chi connectivity index (χ1) is 10.6. The molecular weight excluding hydrogens is 325 g/mol. The van der Waals surface area contributed by atoms with Crippen molar-refractivity contribution in [3.05, 3.63) is 27.6 Å². The molecule has 5 nitrogen and oxygen atoms in total. The van der Waals surface area contributed by atoms with E-state index in [9.17, 15) is 4.79 Å². The van der Waals surface area contributed by atoms with Crippen molar-refractivity contribution >= 4 is 34.8 Å². The number of ether oxygens (including phenoxy) is 1. The molecule has 1 aliphatic carbocycles. The Morgan fingerprint density at radius 2 is 2.09 bits per heavy atom. The zero-order chi connectivity index (χ0) is 15.7. The van der Waals surface area contributed by atoms with Gasteiger partial charge in [0.1, 0.15) is 15.9 Å². The molecule has 0 amide bonds. The molecule has 0 aromatic carbocycles. The molecule has 0 bridgehead atoms. The van der Waals surface area contributed by atoms with Gasteiger partial charge >= 0.3 is 5.97 Å². The van der Waals surface area contributed by atoms with E-state index in [4.69, 9.17) is 27.9 Å². The lowest BCUT2D eigenvalue weighted by Crippen LogP contribution is -2.10. The molecule has 1 saturated carbocycles. The van der Waals surface area contributed by atoms with Gasteiger partial charge in [0.25, 0.3) is 0 Å². The molecule has 0 saturated heterocycles. The molecule has 0 radical (unpaired) electrons. The number of esters is 1. The van der Waals surface area contributed by atoms with Crippen LogP contribution in [-0.4, -0.2) is 27.2 Å². The van der Waals surface area contributed by atoms with Gasteiger partial charge < -0.3 is 4.74 Å². The highest BCUT2D eigenvalue weighted by Crippen LogP contribution is 2.39. The summed E-state index contributed by atoms with van der Waals surface area (Å²) in [6.07, 6.45) is 7.12. The van der Waals surface area contributed by atoms with Crippen LogP contribution < -0.4 is 0 Å². The minimum atomic E-state index is -0.470. The van der Waals surface area contributed by atoms with E-state index < -0.39 is 5.97 Å². The van der Waals surface area contributed by atoms with E-state index in [1.54, 1.807) is 6.92 Å². The van der Waals surface area contributed by atoms with Gasteiger partial charge in [-0.15, -0.1) is 0 Å². The third kappa shape index (κ3) is 2.68. The molecule has 0 N–H and O–H groups in total. The Morgan fingerprint density at radius 1 is 1.36 bits per heavy atom. The van der Waals surface area contributed by atoms with Crippen molar-refractivity contribution in [2.45, 2.75) is 44.9 Å². The fourth-order valence-corrected chi connectivity index (χ4v) is 3.77. The first-order valence-electron chi connectivity index (χ1n) is 7.53. The smallest absolute Gasteiger partial charge is 0.343 e. The second-order valence-corrected chi connectivity index (χ2v) is 6.17. The molecule has 0 atom stereocenters. The quantitative estimate of drug-likeness (QED) is 0.618. The number of aromatic nitrogens is 3. The van der Waals surface area contributed by atoms with E-state index in [2.05, 4.69) is 10.1 Å². The largest absolute Gasteiger partial charge is 0.462 e. The van der Waals surface area contributed by atoms with Crippen molar-refractivity contribution in [2.75, 3.05) is 6.61 Å². The predicted molar refractivity (Wildman–Crippen MR) is 84.8 cm³/mol. The third-order valence-electron chi connectivity index (χ3n) is 4.09. The van der Waals surface area contributed by atoms with E-state index in [0.717, 1.165) is 18.4 Å². The molecule has 2 heterocycles. The van der Waals surface area contributed by atoms with E-state index in [-0.39, 0.29) is 12.2 Å². The predicted octanol–water partition coefficient (Wildman–Crippen LogP) is 4.26. The molecule has 1 aliphatic rings. The molecule has 0 aliphatic heterocycles. The van der Waals surface area contributed by atoms with Crippen LogP contribution in [0.1, 0.15) is 60.9 Å². The second kappa shape index (κ2) is 6.42. The number of fused-ring (bicyclic) bond motifs is 1. The number of nitrogens with zero attached hydrogens (tertiary/aromatic N) is 3. The zero-order valence-electron chi connectivity index (χ0n) is 12.3. The highest BCUT2D eigenvalue weighted by molar-refractivity contribution is 6.35. The maximum absolute atomic E-state index is 11.9. The van der Waals surface area contributed by atoms with Gasteiger partial charge in [-0.1, -0.05) is 42.5 Å². The number of halogens is 2. The summed E-state index contributed by atoms with van der Waals surface area (Å²) in [5.74, 6) is -0.163. The summed E-state index contributed by atoms with van der Waals surface area (Å²) in [6, 6.07) is 0. The summed E-state index contributed by atoms with van der Waals surface area (Å²) < 4.78 is 6.48. The van der Waals surface area contributed by atoms with Gasteiger partial charge in [-0.3, -0.25) is 0 Å². The number of rotatable bonds is 3. The number of carbonyl (C=O) groups excluding carboxylic acids is 1. The van der Waals surface area contributed by atoms with E-state index >= 15 is 0 Å². The minimum Gasteiger partial charge on any atom is -0.462 e. The topological polar surface area (TPSA) is 56.5 Å². The van der Waals surface area contributed by atoms with Gasteiger partial charge in [0.05, 0.1) is 12.8 Å². The van der Waals surface area contributed by atoms with Gasteiger partial charge in [0.15, 0.2) is 5.65 Å². The van der Waals surface area contributed by atoms with Gasteiger partial charge in [-0.05, 0) is 25.7 Å². The lowest BCUT2D eigenvalue weighted by atomic mass is 9.85. The van der Waals surface area contributed by atoms with Crippen molar-refractivity contribution in [2.24, 2.45) is 0 Å². The van der Waals surface area contributed by atoms with E-state index in [0.29, 0.717) is 21.9 Å². The van der Waals surface area contributed by atoms with Crippen LogP contribution in [0.25, 0.3) is 5.65 Å². The monoisotopic (exact) mass is 341 g/mol. The molecule has 0 spiro atoms. The molecule has 7 heteroatoms.